The lowest BCUT2D eigenvalue weighted by molar-refractivity contribution is -0.128. The van der Waals surface area contributed by atoms with Crippen LogP contribution >= 0.6 is 11.6 Å². The molecule has 0 heterocycles. The molecule has 2 aromatic carbocycles. The van der Waals surface area contributed by atoms with Crippen LogP contribution < -0.4 is 15.8 Å². The third-order valence-corrected chi connectivity index (χ3v) is 3.65. The van der Waals surface area contributed by atoms with E-state index in [0.29, 0.717) is 16.3 Å². The molecule has 2 rings (SSSR count). The number of nitrogens with one attached hydrogen (secondary N) is 1. The lowest BCUT2D eigenvalue weighted by Gasteiger charge is -2.16. The Morgan fingerprint density at radius 1 is 1.22 bits per heavy atom. The second-order valence-corrected chi connectivity index (χ2v) is 5.42. The second kappa shape index (κ2) is 7.65. The maximum absolute atomic E-state index is 12.0. The molecule has 0 fully saturated rings. The van der Waals surface area contributed by atoms with E-state index in [1.807, 2.05) is 13.0 Å². The highest BCUT2D eigenvalue weighted by Crippen LogP contribution is 2.21. The van der Waals surface area contributed by atoms with E-state index in [0.717, 1.165) is 5.56 Å². The standard InChI is InChI=1S/C17H17ClN2O3/c1-11-9-13(7-8-14(11)18)23-10-15(21)20-16(17(19)22)12-5-3-2-4-6-12/h2-9,16H,10H2,1H3,(H2,19,22)(H,20,21)/t16-/m0/s1. The lowest BCUT2D eigenvalue weighted by Crippen LogP contribution is -2.39. The first kappa shape index (κ1) is 16.8. The molecule has 0 saturated heterocycles. The van der Waals surface area contributed by atoms with Crippen LogP contribution in [-0.4, -0.2) is 18.4 Å². The number of carbonyl (C=O) groups is 2. The highest BCUT2D eigenvalue weighted by atomic mass is 35.5. The fraction of sp³-hybridized carbons (Fsp3) is 0.176. The Morgan fingerprint density at radius 3 is 2.52 bits per heavy atom. The number of rotatable bonds is 6. The first-order chi connectivity index (χ1) is 11.0. The summed E-state index contributed by atoms with van der Waals surface area (Å²) in [6.07, 6.45) is 0. The fourth-order valence-electron chi connectivity index (χ4n) is 2.02. The topological polar surface area (TPSA) is 81.4 Å². The number of aryl methyl sites for hydroxylation is 1. The molecule has 0 saturated carbocycles. The van der Waals surface area contributed by atoms with Gasteiger partial charge in [0.15, 0.2) is 6.61 Å². The third-order valence-electron chi connectivity index (χ3n) is 3.22. The molecule has 2 amide bonds. The molecule has 1 atom stereocenters. The molecule has 3 N–H and O–H groups in total. The molecule has 0 radical (unpaired) electrons. The lowest BCUT2D eigenvalue weighted by atomic mass is 10.1. The Labute approximate surface area is 139 Å². The number of primary amides is 1. The largest absolute Gasteiger partial charge is 0.484 e. The zero-order valence-corrected chi connectivity index (χ0v) is 13.3. The summed E-state index contributed by atoms with van der Waals surface area (Å²) in [5, 5.41) is 3.19. The van der Waals surface area contributed by atoms with Crippen LogP contribution in [0.4, 0.5) is 0 Å². The number of hydrogen-bond acceptors (Lipinski definition) is 3. The van der Waals surface area contributed by atoms with Gasteiger partial charge in [0, 0.05) is 5.02 Å². The smallest absolute Gasteiger partial charge is 0.258 e. The molecule has 0 spiro atoms. The molecule has 0 aliphatic rings. The minimum absolute atomic E-state index is 0.225. The number of amides is 2. The van der Waals surface area contributed by atoms with Gasteiger partial charge in [-0.2, -0.15) is 0 Å². The van der Waals surface area contributed by atoms with Crippen LogP contribution in [0.3, 0.4) is 0 Å². The monoisotopic (exact) mass is 332 g/mol. The summed E-state index contributed by atoms with van der Waals surface area (Å²) < 4.78 is 5.40. The van der Waals surface area contributed by atoms with Gasteiger partial charge in [-0.1, -0.05) is 41.9 Å². The molecule has 120 valence electrons. The van der Waals surface area contributed by atoms with E-state index in [1.54, 1.807) is 42.5 Å². The van der Waals surface area contributed by atoms with Crippen LogP contribution in [-0.2, 0) is 9.59 Å². The van der Waals surface area contributed by atoms with Gasteiger partial charge in [-0.15, -0.1) is 0 Å². The maximum Gasteiger partial charge on any atom is 0.258 e. The van der Waals surface area contributed by atoms with Crippen molar-refractivity contribution in [3.63, 3.8) is 0 Å². The van der Waals surface area contributed by atoms with Gasteiger partial charge in [0.05, 0.1) is 0 Å². The molecule has 6 heteroatoms. The van der Waals surface area contributed by atoms with Crippen molar-refractivity contribution < 1.29 is 14.3 Å². The fourth-order valence-corrected chi connectivity index (χ4v) is 2.14. The van der Waals surface area contributed by atoms with E-state index in [-0.39, 0.29) is 6.61 Å². The number of halogens is 1. The van der Waals surface area contributed by atoms with E-state index in [1.165, 1.54) is 0 Å². The highest BCUT2D eigenvalue weighted by Gasteiger charge is 2.20. The molecular weight excluding hydrogens is 316 g/mol. The molecule has 0 bridgehead atoms. The van der Waals surface area contributed by atoms with Crippen LogP contribution in [0.1, 0.15) is 17.2 Å². The van der Waals surface area contributed by atoms with Crippen LogP contribution in [0, 0.1) is 6.92 Å². The molecule has 23 heavy (non-hydrogen) atoms. The number of hydrogen-bond donors (Lipinski definition) is 2. The van der Waals surface area contributed by atoms with Crippen LogP contribution in [0.15, 0.2) is 48.5 Å². The first-order valence-corrected chi connectivity index (χ1v) is 7.37. The van der Waals surface area contributed by atoms with Crippen molar-refractivity contribution in [2.75, 3.05) is 6.61 Å². The Kier molecular flexibility index (Phi) is 5.60. The predicted molar refractivity (Wildman–Crippen MR) is 88.2 cm³/mol. The van der Waals surface area contributed by atoms with E-state index >= 15 is 0 Å². The molecule has 0 aromatic heterocycles. The van der Waals surface area contributed by atoms with Crippen LogP contribution in [0.5, 0.6) is 5.75 Å². The van der Waals surface area contributed by atoms with Gasteiger partial charge in [0.1, 0.15) is 11.8 Å². The van der Waals surface area contributed by atoms with Gasteiger partial charge in [0.2, 0.25) is 5.91 Å². The van der Waals surface area contributed by atoms with Gasteiger partial charge < -0.3 is 15.8 Å². The van der Waals surface area contributed by atoms with Gasteiger partial charge in [0.25, 0.3) is 5.91 Å². The van der Waals surface area contributed by atoms with Crippen molar-refractivity contribution in [3.05, 3.63) is 64.7 Å². The van der Waals surface area contributed by atoms with Gasteiger partial charge >= 0.3 is 0 Å². The van der Waals surface area contributed by atoms with Crippen molar-refractivity contribution in [1.29, 1.82) is 0 Å². The molecule has 0 aliphatic heterocycles. The molecule has 5 nitrogen and oxygen atoms in total. The van der Waals surface area contributed by atoms with Gasteiger partial charge in [-0.05, 0) is 36.2 Å². The van der Waals surface area contributed by atoms with Gasteiger partial charge in [-0.25, -0.2) is 0 Å². The minimum atomic E-state index is -0.890. The highest BCUT2D eigenvalue weighted by molar-refractivity contribution is 6.31. The summed E-state index contributed by atoms with van der Waals surface area (Å²) >= 11 is 5.93. The summed E-state index contributed by atoms with van der Waals surface area (Å²) in [4.78, 5) is 23.5. The quantitative estimate of drug-likeness (QED) is 0.852. The first-order valence-electron chi connectivity index (χ1n) is 7.00. The SMILES string of the molecule is Cc1cc(OCC(=O)N[C@H](C(N)=O)c2ccccc2)ccc1Cl. The molecular formula is C17H17ClN2O3. The summed E-state index contributed by atoms with van der Waals surface area (Å²) in [5.74, 6) is -0.547. The van der Waals surface area contributed by atoms with E-state index in [9.17, 15) is 9.59 Å². The summed E-state index contributed by atoms with van der Waals surface area (Å²) in [7, 11) is 0. The zero-order chi connectivity index (χ0) is 16.8. The summed E-state index contributed by atoms with van der Waals surface area (Å²) in [6.45, 7) is 1.62. The Morgan fingerprint density at radius 2 is 1.91 bits per heavy atom. The summed E-state index contributed by atoms with van der Waals surface area (Å²) in [5.41, 5.74) is 6.82. The van der Waals surface area contributed by atoms with E-state index in [4.69, 9.17) is 22.1 Å². The predicted octanol–water partition coefficient (Wildman–Crippen LogP) is 2.37. The van der Waals surface area contributed by atoms with Crippen molar-refractivity contribution >= 4 is 23.4 Å². The Balaban J connectivity index is 1.97. The third kappa shape index (κ3) is 4.72. The van der Waals surface area contributed by atoms with Crippen LogP contribution in [0.25, 0.3) is 0 Å². The average Bonchev–Trinajstić information content (AvgIpc) is 2.54. The van der Waals surface area contributed by atoms with E-state index < -0.39 is 17.9 Å². The number of nitrogens with two attached hydrogens (primary N) is 1. The summed E-state index contributed by atoms with van der Waals surface area (Å²) in [6, 6.07) is 13.0. The Hall–Kier alpha value is -2.53. The van der Waals surface area contributed by atoms with E-state index in [2.05, 4.69) is 5.32 Å². The van der Waals surface area contributed by atoms with Crippen LogP contribution in [0.2, 0.25) is 5.02 Å². The maximum atomic E-state index is 12.0. The molecule has 0 unspecified atom stereocenters. The van der Waals surface area contributed by atoms with Crippen molar-refractivity contribution in [3.8, 4) is 5.75 Å². The number of benzene rings is 2. The van der Waals surface area contributed by atoms with Crippen molar-refractivity contribution in [2.45, 2.75) is 13.0 Å². The zero-order valence-electron chi connectivity index (χ0n) is 12.6. The minimum Gasteiger partial charge on any atom is -0.484 e. The molecule has 2 aromatic rings. The van der Waals surface area contributed by atoms with Crippen molar-refractivity contribution in [1.82, 2.24) is 5.32 Å². The number of carbonyl (C=O) groups excluding carboxylic acids is 2. The van der Waals surface area contributed by atoms with Crippen molar-refractivity contribution in [2.24, 2.45) is 5.73 Å². The second-order valence-electron chi connectivity index (χ2n) is 5.01. The van der Waals surface area contributed by atoms with Gasteiger partial charge in [-0.3, -0.25) is 9.59 Å². The normalized spacial score (nSPS) is 11.6. The average molecular weight is 333 g/mol. The number of ether oxygens (including phenoxy) is 1. The molecule has 0 aliphatic carbocycles. The Bertz CT molecular complexity index is 704.